The highest BCUT2D eigenvalue weighted by molar-refractivity contribution is 6.33. The van der Waals surface area contributed by atoms with E-state index in [2.05, 4.69) is 10.6 Å². The van der Waals surface area contributed by atoms with Gasteiger partial charge in [-0.1, -0.05) is 37.6 Å². The predicted molar refractivity (Wildman–Crippen MR) is 91.5 cm³/mol. The van der Waals surface area contributed by atoms with Crippen LogP contribution in [0.4, 0.5) is 0 Å². The Hall–Kier alpha value is -1.30. The molecule has 0 spiro atoms. The Labute approximate surface area is 142 Å². The summed E-state index contributed by atoms with van der Waals surface area (Å²) in [4.78, 5) is 24.3. The fourth-order valence-electron chi connectivity index (χ4n) is 1.82. The highest BCUT2D eigenvalue weighted by Gasteiger charge is 2.24. The molecule has 0 aromatic heterocycles. The topological polar surface area (TPSA) is 84.2 Å². The molecule has 7 heteroatoms. The molecule has 0 saturated heterocycles. The number of nitrogens with one attached hydrogen (secondary N) is 2. The van der Waals surface area contributed by atoms with E-state index in [4.69, 9.17) is 17.3 Å². The standard InChI is InChI=1S/C15H22ClN3O2.ClH/c1-10(2)13(15(21)18-9-5-8-17)19-14(20)11-6-3-4-7-12(11)16;/h3-4,6-7,10,13H,5,8-9,17H2,1-2H3,(H,18,21)(H,19,20);1H. The van der Waals surface area contributed by atoms with Gasteiger partial charge in [-0.05, 0) is 31.0 Å². The van der Waals surface area contributed by atoms with E-state index in [0.717, 1.165) is 0 Å². The lowest BCUT2D eigenvalue weighted by Gasteiger charge is -2.22. The second-order valence-electron chi connectivity index (χ2n) is 5.11. The van der Waals surface area contributed by atoms with Crippen molar-refractivity contribution in [3.05, 3.63) is 34.9 Å². The molecule has 0 heterocycles. The highest BCUT2D eigenvalue weighted by Crippen LogP contribution is 2.15. The second-order valence-corrected chi connectivity index (χ2v) is 5.52. The molecule has 5 nitrogen and oxygen atoms in total. The Morgan fingerprint density at radius 3 is 2.45 bits per heavy atom. The van der Waals surface area contributed by atoms with Gasteiger partial charge in [-0.15, -0.1) is 12.4 Å². The molecule has 4 N–H and O–H groups in total. The monoisotopic (exact) mass is 347 g/mol. The smallest absolute Gasteiger partial charge is 0.253 e. The Balaban J connectivity index is 0.00000441. The molecule has 1 aromatic rings. The number of benzene rings is 1. The minimum atomic E-state index is -0.605. The molecule has 124 valence electrons. The number of rotatable bonds is 7. The summed E-state index contributed by atoms with van der Waals surface area (Å²) in [6.45, 7) is 4.76. The minimum Gasteiger partial charge on any atom is -0.354 e. The van der Waals surface area contributed by atoms with Gasteiger partial charge in [-0.3, -0.25) is 9.59 Å². The summed E-state index contributed by atoms with van der Waals surface area (Å²) in [7, 11) is 0. The zero-order chi connectivity index (χ0) is 15.8. The van der Waals surface area contributed by atoms with E-state index in [1.807, 2.05) is 13.8 Å². The van der Waals surface area contributed by atoms with Crippen molar-refractivity contribution in [3.63, 3.8) is 0 Å². The number of amides is 2. The Morgan fingerprint density at radius 1 is 1.27 bits per heavy atom. The molecule has 0 aliphatic carbocycles. The molecule has 0 aliphatic heterocycles. The number of hydrogen-bond donors (Lipinski definition) is 3. The summed E-state index contributed by atoms with van der Waals surface area (Å²) >= 11 is 5.99. The van der Waals surface area contributed by atoms with Gasteiger partial charge < -0.3 is 16.4 Å². The number of halogens is 2. The first-order valence-corrected chi connectivity index (χ1v) is 7.38. The molecule has 22 heavy (non-hydrogen) atoms. The van der Waals surface area contributed by atoms with Crippen LogP contribution in [-0.4, -0.2) is 30.9 Å². The summed E-state index contributed by atoms with van der Waals surface area (Å²) in [5.41, 5.74) is 5.75. The zero-order valence-electron chi connectivity index (χ0n) is 12.8. The number of carbonyl (C=O) groups is 2. The van der Waals surface area contributed by atoms with E-state index in [9.17, 15) is 9.59 Å². The van der Waals surface area contributed by atoms with Crippen molar-refractivity contribution in [1.29, 1.82) is 0 Å². The van der Waals surface area contributed by atoms with Gasteiger partial charge in [0, 0.05) is 6.54 Å². The number of hydrogen-bond acceptors (Lipinski definition) is 3. The minimum absolute atomic E-state index is 0. The molecule has 1 unspecified atom stereocenters. The summed E-state index contributed by atoms with van der Waals surface area (Å²) < 4.78 is 0. The van der Waals surface area contributed by atoms with Gasteiger partial charge in [0.15, 0.2) is 0 Å². The Bertz CT molecular complexity index is 495. The van der Waals surface area contributed by atoms with Gasteiger partial charge in [-0.2, -0.15) is 0 Å². The quantitative estimate of drug-likeness (QED) is 0.659. The van der Waals surface area contributed by atoms with Crippen LogP contribution < -0.4 is 16.4 Å². The van der Waals surface area contributed by atoms with E-state index in [1.54, 1.807) is 24.3 Å². The van der Waals surface area contributed by atoms with Crippen molar-refractivity contribution in [2.75, 3.05) is 13.1 Å². The summed E-state index contributed by atoms with van der Waals surface area (Å²) in [5, 5.41) is 5.87. The molecule has 0 aliphatic rings. The third kappa shape index (κ3) is 6.22. The SMILES string of the molecule is CC(C)C(NC(=O)c1ccccc1Cl)C(=O)NCCCN.Cl. The van der Waals surface area contributed by atoms with Gasteiger partial charge >= 0.3 is 0 Å². The number of nitrogens with two attached hydrogens (primary N) is 1. The molecule has 1 rings (SSSR count). The second kappa shape index (κ2) is 10.4. The molecular formula is C15H23Cl2N3O2. The predicted octanol–water partition coefficient (Wildman–Crippen LogP) is 1.98. The van der Waals surface area contributed by atoms with Crippen molar-refractivity contribution in [1.82, 2.24) is 10.6 Å². The third-order valence-corrected chi connectivity index (χ3v) is 3.36. The zero-order valence-corrected chi connectivity index (χ0v) is 14.3. The lowest BCUT2D eigenvalue weighted by atomic mass is 10.0. The first kappa shape index (κ1) is 20.7. The molecule has 2 amide bonds. The maximum absolute atomic E-state index is 12.2. The number of carbonyl (C=O) groups excluding carboxylic acids is 2. The van der Waals surface area contributed by atoms with Gasteiger partial charge in [0.1, 0.15) is 6.04 Å². The average Bonchev–Trinajstić information content (AvgIpc) is 2.44. The summed E-state index contributed by atoms with van der Waals surface area (Å²) in [5.74, 6) is -0.596. The Morgan fingerprint density at radius 2 is 1.91 bits per heavy atom. The van der Waals surface area contributed by atoms with Crippen molar-refractivity contribution in [2.24, 2.45) is 11.7 Å². The lowest BCUT2D eigenvalue weighted by Crippen LogP contribution is -2.50. The fraction of sp³-hybridized carbons (Fsp3) is 0.467. The van der Waals surface area contributed by atoms with Gasteiger partial charge in [0.05, 0.1) is 10.6 Å². The maximum Gasteiger partial charge on any atom is 0.253 e. The van der Waals surface area contributed by atoms with Crippen LogP contribution >= 0.6 is 24.0 Å². The molecule has 0 fully saturated rings. The molecule has 0 radical (unpaired) electrons. The van der Waals surface area contributed by atoms with E-state index < -0.39 is 6.04 Å². The van der Waals surface area contributed by atoms with Crippen LogP contribution in [-0.2, 0) is 4.79 Å². The van der Waals surface area contributed by atoms with Crippen LogP contribution in [0.2, 0.25) is 5.02 Å². The fourth-order valence-corrected chi connectivity index (χ4v) is 2.04. The van der Waals surface area contributed by atoms with E-state index in [0.29, 0.717) is 30.1 Å². The molecule has 0 saturated carbocycles. The van der Waals surface area contributed by atoms with Gasteiger partial charge in [0.25, 0.3) is 5.91 Å². The summed E-state index contributed by atoms with van der Waals surface area (Å²) in [6, 6.07) is 6.14. The van der Waals surface area contributed by atoms with Crippen LogP contribution in [0.5, 0.6) is 0 Å². The molecule has 1 aromatic carbocycles. The van der Waals surface area contributed by atoms with Crippen LogP contribution in [0.15, 0.2) is 24.3 Å². The van der Waals surface area contributed by atoms with E-state index >= 15 is 0 Å². The van der Waals surface area contributed by atoms with Crippen LogP contribution in [0.1, 0.15) is 30.6 Å². The van der Waals surface area contributed by atoms with Crippen LogP contribution in [0.25, 0.3) is 0 Å². The largest absolute Gasteiger partial charge is 0.354 e. The summed E-state index contributed by atoms with van der Waals surface area (Å²) in [6.07, 6.45) is 0.703. The van der Waals surface area contributed by atoms with Crippen molar-refractivity contribution >= 4 is 35.8 Å². The van der Waals surface area contributed by atoms with Gasteiger partial charge in [-0.25, -0.2) is 0 Å². The Kier molecular flexibility index (Phi) is 9.81. The molecular weight excluding hydrogens is 325 g/mol. The van der Waals surface area contributed by atoms with E-state index in [1.165, 1.54) is 0 Å². The van der Waals surface area contributed by atoms with Crippen molar-refractivity contribution in [2.45, 2.75) is 26.3 Å². The van der Waals surface area contributed by atoms with E-state index in [-0.39, 0.29) is 30.1 Å². The first-order chi connectivity index (χ1) is 9.97. The molecule has 1 atom stereocenters. The first-order valence-electron chi connectivity index (χ1n) is 7.00. The average molecular weight is 348 g/mol. The van der Waals surface area contributed by atoms with Crippen molar-refractivity contribution < 1.29 is 9.59 Å². The van der Waals surface area contributed by atoms with Crippen LogP contribution in [0.3, 0.4) is 0 Å². The normalized spacial score (nSPS) is 11.5. The van der Waals surface area contributed by atoms with Crippen LogP contribution in [0, 0.1) is 5.92 Å². The third-order valence-electron chi connectivity index (χ3n) is 3.03. The molecule has 0 bridgehead atoms. The highest BCUT2D eigenvalue weighted by atomic mass is 35.5. The van der Waals surface area contributed by atoms with Crippen molar-refractivity contribution in [3.8, 4) is 0 Å². The lowest BCUT2D eigenvalue weighted by molar-refractivity contribution is -0.123. The van der Waals surface area contributed by atoms with Gasteiger partial charge in [0.2, 0.25) is 5.91 Å². The maximum atomic E-state index is 12.2.